The van der Waals surface area contributed by atoms with Crippen molar-refractivity contribution in [1.29, 1.82) is 0 Å². The van der Waals surface area contributed by atoms with E-state index in [2.05, 4.69) is 26.1 Å². The van der Waals surface area contributed by atoms with E-state index in [9.17, 15) is 13.2 Å². The first kappa shape index (κ1) is 20.5. The van der Waals surface area contributed by atoms with E-state index in [4.69, 9.17) is 0 Å². The summed E-state index contributed by atoms with van der Waals surface area (Å²) in [4.78, 5) is 12.4. The van der Waals surface area contributed by atoms with E-state index in [1.165, 1.54) is 0 Å². The van der Waals surface area contributed by atoms with Crippen molar-refractivity contribution in [2.75, 3.05) is 17.1 Å². The molecule has 0 aliphatic carbocycles. The molecule has 24 heavy (non-hydrogen) atoms. The number of nitrogens with one attached hydrogen (secondary N) is 1. The summed E-state index contributed by atoms with van der Waals surface area (Å²) >= 11 is 0. The lowest BCUT2D eigenvalue weighted by atomic mass is 9.82. The Bertz CT molecular complexity index is 688. The van der Waals surface area contributed by atoms with Crippen LogP contribution in [-0.4, -0.2) is 32.7 Å². The first-order valence-electron chi connectivity index (χ1n) is 8.05. The van der Waals surface area contributed by atoms with Crippen LogP contribution in [0.3, 0.4) is 0 Å². The van der Waals surface area contributed by atoms with Crippen LogP contribution >= 0.6 is 0 Å². The molecule has 5 nitrogen and oxygen atoms in total. The number of carbonyl (C=O) groups excluding carboxylic acids is 1. The molecule has 0 atom stereocenters. The van der Waals surface area contributed by atoms with Gasteiger partial charge in [0.1, 0.15) is 6.54 Å². The molecule has 0 saturated heterocycles. The SMILES string of the molecule is Cc1cccc(N(CC(=O)NC(C)(C)CC(C)(C)C)S(C)(=O)=O)c1. The van der Waals surface area contributed by atoms with Gasteiger partial charge in [0.15, 0.2) is 0 Å². The van der Waals surface area contributed by atoms with Crippen LogP contribution < -0.4 is 9.62 Å². The highest BCUT2D eigenvalue weighted by Gasteiger charge is 2.29. The van der Waals surface area contributed by atoms with Crippen LogP contribution in [0.15, 0.2) is 24.3 Å². The van der Waals surface area contributed by atoms with Gasteiger partial charge in [-0.2, -0.15) is 0 Å². The van der Waals surface area contributed by atoms with Gasteiger partial charge < -0.3 is 5.32 Å². The maximum Gasteiger partial charge on any atom is 0.241 e. The highest BCUT2D eigenvalue weighted by atomic mass is 32.2. The molecule has 0 aromatic heterocycles. The monoisotopic (exact) mass is 354 g/mol. The average Bonchev–Trinajstić information content (AvgIpc) is 2.30. The van der Waals surface area contributed by atoms with Crippen LogP contribution in [0.2, 0.25) is 0 Å². The Labute approximate surface area is 146 Å². The van der Waals surface area contributed by atoms with E-state index in [1.807, 2.05) is 26.8 Å². The molecule has 6 heteroatoms. The second-order valence-corrected chi connectivity index (χ2v) is 10.2. The maximum atomic E-state index is 12.4. The minimum Gasteiger partial charge on any atom is -0.350 e. The minimum absolute atomic E-state index is 0.0594. The topological polar surface area (TPSA) is 66.5 Å². The Morgan fingerprint density at radius 1 is 1.17 bits per heavy atom. The van der Waals surface area contributed by atoms with E-state index < -0.39 is 15.6 Å². The molecule has 136 valence electrons. The van der Waals surface area contributed by atoms with E-state index in [1.54, 1.807) is 18.2 Å². The summed E-state index contributed by atoms with van der Waals surface area (Å²) in [6.07, 6.45) is 1.90. The Hall–Kier alpha value is -1.56. The fraction of sp³-hybridized carbons (Fsp3) is 0.611. The predicted molar refractivity (Wildman–Crippen MR) is 99.7 cm³/mol. The van der Waals surface area contributed by atoms with Crippen molar-refractivity contribution < 1.29 is 13.2 Å². The van der Waals surface area contributed by atoms with Crippen LogP contribution in [0.4, 0.5) is 5.69 Å². The van der Waals surface area contributed by atoms with Gasteiger partial charge in [0.05, 0.1) is 11.9 Å². The molecule has 0 heterocycles. The average molecular weight is 355 g/mol. The lowest BCUT2D eigenvalue weighted by molar-refractivity contribution is -0.121. The number of sulfonamides is 1. The first-order chi connectivity index (χ1) is 10.7. The van der Waals surface area contributed by atoms with Gasteiger partial charge in [-0.05, 0) is 50.3 Å². The summed E-state index contributed by atoms with van der Waals surface area (Å²) in [7, 11) is -3.55. The Balaban J connectivity index is 2.95. The molecule has 1 N–H and O–H groups in total. The third-order valence-electron chi connectivity index (χ3n) is 3.43. The molecule has 0 aliphatic heterocycles. The van der Waals surface area contributed by atoms with Gasteiger partial charge in [0, 0.05) is 5.54 Å². The van der Waals surface area contributed by atoms with Crippen LogP contribution in [0.5, 0.6) is 0 Å². The largest absolute Gasteiger partial charge is 0.350 e. The first-order valence-corrected chi connectivity index (χ1v) is 9.90. The van der Waals surface area contributed by atoms with Crippen LogP contribution in [0.1, 0.15) is 46.6 Å². The normalized spacial score (nSPS) is 12.8. The second-order valence-electron chi connectivity index (χ2n) is 8.28. The Kier molecular flexibility index (Phi) is 6.09. The zero-order valence-corrected chi connectivity index (χ0v) is 16.6. The molecular formula is C18H30N2O3S. The van der Waals surface area contributed by atoms with Gasteiger partial charge in [-0.25, -0.2) is 8.42 Å². The summed E-state index contributed by atoms with van der Waals surface area (Å²) in [5.41, 5.74) is 1.09. The summed E-state index contributed by atoms with van der Waals surface area (Å²) in [5, 5.41) is 2.95. The number of hydrogen-bond donors (Lipinski definition) is 1. The molecule has 1 rings (SSSR count). The zero-order chi connectivity index (χ0) is 18.8. The maximum absolute atomic E-state index is 12.4. The van der Waals surface area contributed by atoms with Crippen molar-refractivity contribution in [3.63, 3.8) is 0 Å². The third-order valence-corrected chi connectivity index (χ3v) is 4.57. The molecule has 1 amide bonds. The molecule has 0 unspecified atom stereocenters. The quantitative estimate of drug-likeness (QED) is 0.854. The summed E-state index contributed by atoms with van der Waals surface area (Å²) < 4.78 is 25.4. The van der Waals surface area contributed by atoms with Crippen LogP contribution in [-0.2, 0) is 14.8 Å². The fourth-order valence-corrected chi connectivity index (χ4v) is 3.95. The summed E-state index contributed by atoms with van der Waals surface area (Å²) in [6.45, 7) is 11.9. The van der Waals surface area contributed by atoms with Gasteiger partial charge in [0.25, 0.3) is 0 Å². The fourth-order valence-electron chi connectivity index (χ4n) is 3.10. The lowest BCUT2D eigenvalue weighted by Crippen LogP contribution is -2.50. The highest BCUT2D eigenvalue weighted by Crippen LogP contribution is 2.27. The molecular weight excluding hydrogens is 324 g/mol. The summed E-state index contributed by atoms with van der Waals surface area (Å²) in [6, 6.07) is 7.12. The van der Waals surface area contributed by atoms with Crippen molar-refractivity contribution in [2.45, 2.75) is 53.5 Å². The van der Waals surface area contributed by atoms with Crippen molar-refractivity contribution >= 4 is 21.6 Å². The van der Waals surface area contributed by atoms with Gasteiger partial charge in [-0.1, -0.05) is 32.9 Å². The number of carbonyl (C=O) groups is 1. The number of anilines is 1. The number of hydrogen-bond acceptors (Lipinski definition) is 3. The standard InChI is InChI=1S/C18H30N2O3S/c1-14-9-8-10-15(11-14)20(24(7,22)23)12-16(21)19-18(5,6)13-17(2,3)4/h8-11H,12-13H2,1-7H3,(H,19,21). The van der Waals surface area contributed by atoms with E-state index in [0.717, 1.165) is 22.5 Å². The smallest absolute Gasteiger partial charge is 0.241 e. The molecule has 0 spiro atoms. The highest BCUT2D eigenvalue weighted by molar-refractivity contribution is 7.92. The Morgan fingerprint density at radius 2 is 1.75 bits per heavy atom. The van der Waals surface area contributed by atoms with E-state index in [0.29, 0.717) is 5.69 Å². The molecule has 1 aromatic carbocycles. The van der Waals surface area contributed by atoms with Crippen molar-refractivity contribution in [1.82, 2.24) is 5.32 Å². The third kappa shape index (κ3) is 6.91. The van der Waals surface area contributed by atoms with Crippen LogP contribution in [0.25, 0.3) is 0 Å². The van der Waals surface area contributed by atoms with Crippen LogP contribution in [0, 0.1) is 12.3 Å². The van der Waals surface area contributed by atoms with Gasteiger partial charge in [-0.3, -0.25) is 9.10 Å². The lowest BCUT2D eigenvalue weighted by Gasteiger charge is -2.34. The molecule has 0 bridgehead atoms. The number of aryl methyl sites for hydroxylation is 1. The predicted octanol–water partition coefficient (Wildman–Crippen LogP) is 3.09. The zero-order valence-electron chi connectivity index (χ0n) is 15.8. The van der Waals surface area contributed by atoms with Crippen molar-refractivity contribution in [3.8, 4) is 0 Å². The van der Waals surface area contributed by atoms with E-state index >= 15 is 0 Å². The van der Waals surface area contributed by atoms with Gasteiger partial charge in [-0.15, -0.1) is 0 Å². The molecule has 0 fully saturated rings. The van der Waals surface area contributed by atoms with Gasteiger partial charge in [0.2, 0.25) is 15.9 Å². The molecule has 0 radical (unpaired) electrons. The molecule has 0 aliphatic rings. The Morgan fingerprint density at radius 3 is 2.21 bits per heavy atom. The summed E-state index contributed by atoms with van der Waals surface area (Å²) in [5.74, 6) is -0.309. The van der Waals surface area contributed by atoms with Crippen molar-refractivity contribution in [3.05, 3.63) is 29.8 Å². The van der Waals surface area contributed by atoms with Gasteiger partial charge >= 0.3 is 0 Å². The van der Waals surface area contributed by atoms with E-state index in [-0.39, 0.29) is 17.9 Å². The number of benzene rings is 1. The second kappa shape index (κ2) is 7.13. The number of rotatable bonds is 6. The molecule has 0 saturated carbocycles. The molecule has 1 aromatic rings. The number of amides is 1. The van der Waals surface area contributed by atoms with Crippen molar-refractivity contribution in [2.24, 2.45) is 5.41 Å². The minimum atomic E-state index is -3.55. The number of nitrogens with zero attached hydrogens (tertiary/aromatic N) is 1.